The molecule has 1 aromatic carbocycles. The molecule has 0 aliphatic carbocycles. The zero-order valence-corrected chi connectivity index (χ0v) is 11.8. The molecule has 0 radical (unpaired) electrons. The first kappa shape index (κ1) is 14.3. The fourth-order valence-corrected chi connectivity index (χ4v) is 3.84. The van der Waals surface area contributed by atoms with Crippen LogP contribution < -0.4 is 10.0 Å². The van der Waals surface area contributed by atoms with Gasteiger partial charge in [-0.15, -0.1) is 0 Å². The number of sulfonamides is 1. The monoisotopic (exact) mass is 299 g/mol. The number of rotatable bonds is 3. The molecule has 1 heterocycles. The largest absolute Gasteiger partial charge is 0.315 e. The van der Waals surface area contributed by atoms with Crippen molar-refractivity contribution < 1.29 is 8.42 Å². The second-order valence-corrected chi connectivity index (χ2v) is 6.51. The molecule has 0 saturated carbocycles. The van der Waals surface area contributed by atoms with Gasteiger partial charge in [-0.05, 0) is 37.6 Å². The summed E-state index contributed by atoms with van der Waals surface area (Å²) in [6, 6.07) is 5.96. The van der Waals surface area contributed by atoms with Crippen LogP contribution in [0, 0.1) is 11.3 Å². The molecule has 2 N–H and O–H groups in total. The number of hydrogen-bond donors (Lipinski definition) is 2. The van der Waals surface area contributed by atoms with E-state index in [-0.39, 0.29) is 16.0 Å². The molecule has 0 amide bonds. The lowest BCUT2D eigenvalue weighted by Crippen LogP contribution is -2.45. The number of nitrogens with zero attached hydrogens (tertiary/aromatic N) is 1. The topological polar surface area (TPSA) is 82.0 Å². The number of nitrogens with one attached hydrogen (secondary N) is 2. The average Bonchev–Trinajstić information content (AvgIpc) is 2.38. The van der Waals surface area contributed by atoms with Gasteiger partial charge < -0.3 is 5.32 Å². The van der Waals surface area contributed by atoms with Crippen LogP contribution in [0.1, 0.15) is 18.4 Å². The second kappa shape index (κ2) is 5.88. The van der Waals surface area contributed by atoms with Crippen LogP contribution in [0.25, 0.3) is 0 Å². The summed E-state index contributed by atoms with van der Waals surface area (Å²) >= 11 is 5.92. The third-order valence-corrected chi connectivity index (χ3v) is 4.97. The summed E-state index contributed by atoms with van der Waals surface area (Å²) in [5.41, 5.74) is 0.336. The van der Waals surface area contributed by atoms with Crippen LogP contribution in [0.3, 0.4) is 0 Å². The summed E-state index contributed by atoms with van der Waals surface area (Å²) in [5, 5.41) is 11.9. The van der Waals surface area contributed by atoms with Gasteiger partial charge in [0, 0.05) is 12.6 Å². The minimum absolute atomic E-state index is 0.0127. The van der Waals surface area contributed by atoms with E-state index in [1.165, 1.54) is 18.2 Å². The Hall–Kier alpha value is -1.13. The second-order valence-electron chi connectivity index (χ2n) is 4.42. The van der Waals surface area contributed by atoms with Gasteiger partial charge in [0.2, 0.25) is 10.0 Å². The lowest BCUT2D eigenvalue weighted by molar-refractivity contribution is 0.428. The van der Waals surface area contributed by atoms with Gasteiger partial charge in [-0.3, -0.25) is 0 Å². The summed E-state index contributed by atoms with van der Waals surface area (Å²) in [6.45, 7) is 1.53. The number of hydrogen-bond acceptors (Lipinski definition) is 4. The number of benzene rings is 1. The molecule has 7 heteroatoms. The van der Waals surface area contributed by atoms with Gasteiger partial charge in [0.05, 0.1) is 16.7 Å². The van der Waals surface area contributed by atoms with Gasteiger partial charge in [0.1, 0.15) is 4.90 Å². The Bertz CT molecular complexity index is 604. The zero-order chi connectivity index (χ0) is 13.9. The summed E-state index contributed by atoms with van der Waals surface area (Å²) < 4.78 is 27.1. The molecule has 0 aromatic heterocycles. The van der Waals surface area contributed by atoms with E-state index in [1.807, 2.05) is 6.07 Å². The SMILES string of the molecule is N#Cc1ccc(S(=O)(=O)NC2CCCNC2)c(Cl)c1. The van der Waals surface area contributed by atoms with Crippen LogP contribution in [0.4, 0.5) is 0 Å². The van der Waals surface area contributed by atoms with Crippen LogP contribution in [0.5, 0.6) is 0 Å². The van der Waals surface area contributed by atoms with Crippen molar-refractivity contribution in [2.45, 2.75) is 23.8 Å². The lowest BCUT2D eigenvalue weighted by Gasteiger charge is -2.23. The molecule has 1 fully saturated rings. The molecule has 19 heavy (non-hydrogen) atoms. The standard InChI is InChI=1S/C12H14ClN3O2S/c13-11-6-9(7-14)3-4-12(11)19(17,18)16-10-2-1-5-15-8-10/h3-4,6,10,15-16H,1-2,5,8H2. The summed E-state index contributed by atoms with van der Waals surface area (Å²) in [6.07, 6.45) is 1.74. The predicted octanol–water partition coefficient (Wildman–Crippen LogP) is 1.24. The van der Waals surface area contributed by atoms with E-state index in [2.05, 4.69) is 10.0 Å². The molecule has 1 saturated heterocycles. The van der Waals surface area contributed by atoms with E-state index in [0.717, 1.165) is 19.4 Å². The molecule has 1 unspecified atom stereocenters. The molecule has 5 nitrogen and oxygen atoms in total. The van der Waals surface area contributed by atoms with Crippen molar-refractivity contribution in [2.24, 2.45) is 0 Å². The van der Waals surface area contributed by atoms with E-state index in [4.69, 9.17) is 16.9 Å². The maximum atomic E-state index is 12.2. The fourth-order valence-electron chi connectivity index (χ4n) is 2.02. The van der Waals surface area contributed by atoms with E-state index < -0.39 is 10.0 Å². The normalized spacial score (nSPS) is 19.9. The van der Waals surface area contributed by atoms with Crippen molar-refractivity contribution in [3.05, 3.63) is 28.8 Å². The van der Waals surface area contributed by atoms with Gasteiger partial charge in [-0.1, -0.05) is 11.6 Å². The molecule has 2 rings (SSSR count). The Morgan fingerprint density at radius 3 is 2.84 bits per heavy atom. The molecule has 1 aromatic rings. The maximum absolute atomic E-state index is 12.2. The van der Waals surface area contributed by atoms with Gasteiger partial charge in [0.25, 0.3) is 0 Å². The van der Waals surface area contributed by atoms with Gasteiger partial charge >= 0.3 is 0 Å². The highest BCUT2D eigenvalue weighted by Crippen LogP contribution is 2.23. The highest BCUT2D eigenvalue weighted by atomic mass is 35.5. The van der Waals surface area contributed by atoms with Crippen LogP contribution in [0.2, 0.25) is 5.02 Å². The molecular weight excluding hydrogens is 286 g/mol. The van der Waals surface area contributed by atoms with Crippen molar-refractivity contribution in [1.29, 1.82) is 5.26 Å². The van der Waals surface area contributed by atoms with Crippen molar-refractivity contribution in [3.63, 3.8) is 0 Å². The summed E-state index contributed by atoms with van der Waals surface area (Å²) in [5.74, 6) is 0. The Morgan fingerprint density at radius 1 is 1.47 bits per heavy atom. The van der Waals surface area contributed by atoms with E-state index in [0.29, 0.717) is 12.1 Å². The molecule has 1 aliphatic rings. The summed E-state index contributed by atoms with van der Waals surface area (Å²) in [4.78, 5) is 0.0127. The average molecular weight is 300 g/mol. The van der Waals surface area contributed by atoms with Crippen LogP contribution in [-0.4, -0.2) is 27.5 Å². The Balaban J connectivity index is 2.22. The number of nitriles is 1. The van der Waals surface area contributed by atoms with Crippen molar-refractivity contribution >= 4 is 21.6 Å². The minimum atomic E-state index is -3.65. The molecule has 1 aliphatic heterocycles. The maximum Gasteiger partial charge on any atom is 0.242 e. The number of halogens is 1. The minimum Gasteiger partial charge on any atom is -0.315 e. The van der Waals surface area contributed by atoms with E-state index in [9.17, 15) is 8.42 Å². The van der Waals surface area contributed by atoms with E-state index in [1.54, 1.807) is 0 Å². The fraction of sp³-hybridized carbons (Fsp3) is 0.417. The molecular formula is C12H14ClN3O2S. The van der Waals surface area contributed by atoms with E-state index >= 15 is 0 Å². The van der Waals surface area contributed by atoms with Crippen molar-refractivity contribution in [2.75, 3.05) is 13.1 Å². The zero-order valence-electron chi connectivity index (χ0n) is 10.2. The molecule has 1 atom stereocenters. The Labute approximate surface area is 117 Å². The lowest BCUT2D eigenvalue weighted by atomic mass is 10.1. The molecule has 0 bridgehead atoms. The predicted molar refractivity (Wildman–Crippen MR) is 72.4 cm³/mol. The van der Waals surface area contributed by atoms with Gasteiger partial charge in [-0.2, -0.15) is 5.26 Å². The third kappa shape index (κ3) is 3.45. The molecule has 0 spiro atoms. The molecule has 102 valence electrons. The van der Waals surface area contributed by atoms with Crippen molar-refractivity contribution in [1.82, 2.24) is 10.0 Å². The first-order valence-corrected chi connectivity index (χ1v) is 7.82. The van der Waals surface area contributed by atoms with Crippen LogP contribution in [0.15, 0.2) is 23.1 Å². The highest BCUT2D eigenvalue weighted by Gasteiger charge is 2.23. The quantitative estimate of drug-likeness (QED) is 0.880. The highest BCUT2D eigenvalue weighted by molar-refractivity contribution is 7.89. The summed E-state index contributed by atoms with van der Waals surface area (Å²) in [7, 11) is -3.65. The van der Waals surface area contributed by atoms with Crippen molar-refractivity contribution in [3.8, 4) is 6.07 Å². The Kier molecular flexibility index (Phi) is 4.42. The van der Waals surface area contributed by atoms with Gasteiger partial charge in [-0.25, -0.2) is 13.1 Å². The first-order valence-electron chi connectivity index (χ1n) is 5.95. The third-order valence-electron chi connectivity index (χ3n) is 2.97. The van der Waals surface area contributed by atoms with Crippen LogP contribution >= 0.6 is 11.6 Å². The number of piperidine rings is 1. The van der Waals surface area contributed by atoms with Crippen LogP contribution in [-0.2, 0) is 10.0 Å². The first-order chi connectivity index (χ1) is 9.03. The smallest absolute Gasteiger partial charge is 0.242 e. The Morgan fingerprint density at radius 2 is 2.26 bits per heavy atom. The van der Waals surface area contributed by atoms with Gasteiger partial charge in [0.15, 0.2) is 0 Å².